The minimum atomic E-state index is -0.0438. The number of carbonyl (C=O) groups excluding carboxylic acids is 1. The summed E-state index contributed by atoms with van der Waals surface area (Å²) in [6.45, 7) is 1.10. The van der Waals surface area contributed by atoms with Crippen molar-refractivity contribution in [1.82, 2.24) is 14.5 Å². The number of nitrogens with zero attached hydrogens (tertiary/aromatic N) is 3. The van der Waals surface area contributed by atoms with Crippen molar-refractivity contribution in [3.05, 3.63) is 78.3 Å². The highest BCUT2D eigenvalue weighted by Gasteiger charge is 2.18. The summed E-state index contributed by atoms with van der Waals surface area (Å²) in [5.41, 5.74) is 1.77. The molecule has 5 heteroatoms. The van der Waals surface area contributed by atoms with Gasteiger partial charge in [-0.05, 0) is 18.1 Å². The monoisotopic (exact) mass is 309 g/mol. The predicted molar refractivity (Wildman–Crippen MR) is 86.8 cm³/mol. The zero-order valence-corrected chi connectivity index (χ0v) is 13.1. The lowest BCUT2D eigenvalue weighted by Gasteiger charge is -2.22. The van der Waals surface area contributed by atoms with E-state index in [0.717, 1.165) is 12.2 Å². The van der Waals surface area contributed by atoms with Crippen LogP contribution in [0.15, 0.2) is 65.7 Å². The molecule has 1 amide bonds. The number of imidazole rings is 1. The number of benzene rings is 1. The Hall–Kier alpha value is -2.82. The average molecular weight is 309 g/mol. The molecule has 2 heterocycles. The number of amides is 1. The highest BCUT2D eigenvalue weighted by atomic mass is 16.3. The van der Waals surface area contributed by atoms with E-state index in [0.29, 0.717) is 18.7 Å². The van der Waals surface area contributed by atoms with Crippen LogP contribution in [-0.4, -0.2) is 26.9 Å². The van der Waals surface area contributed by atoms with Gasteiger partial charge in [-0.15, -0.1) is 0 Å². The van der Waals surface area contributed by atoms with Crippen LogP contribution < -0.4 is 0 Å². The molecule has 3 aromatic rings. The summed E-state index contributed by atoms with van der Waals surface area (Å²) >= 11 is 0. The van der Waals surface area contributed by atoms with Gasteiger partial charge in [-0.25, -0.2) is 4.98 Å². The van der Waals surface area contributed by atoms with Crippen LogP contribution in [0, 0.1) is 0 Å². The minimum Gasteiger partial charge on any atom is -0.472 e. The van der Waals surface area contributed by atoms with E-state index in [-0.39, 0.29) is 5.91 Å². The molecular weight excluding hydrogens is 290 g/mol. The average Bonchev–Trinajstić information content (AvgIpc) is 3.24. The second-order valence-corrected chi connectivity index (χ2v) is 5.43. The van der Waals surface area contributed by atoms with Crippen LogP contribution in [0.1, 0.15) is 21.7 Å². The summed E-state index contributed by atoms with van der Waals surface area (Å²) in [7, 11) is 1.93. The highest BCUT2D eigenvalue weighted by Crippen LogP contribution is 2.11. The van der Waals surface area contributed by atoms with Gasteiger partial charge in [0.15, 0.2) is 0 Å². The summed E-state index contributed by atoms with van der Waals surface area (Å²) < 4.78 is 6.97. The smallest absolute Gasteiger partial charge is 0.257 e. The molecule has 0 N–H and O–H groups in total. The van der Waals surface area contributed by atoms with Gasteiger partial charge in [-0.1, -0.05) is 30.3 Å². The van der Waals surface area contributed by atoms with Crippen LogP contribution in [-0.2, 0) is 20.0 Å². The number of hydrogen-bond donors (Lipinski definition) is 0. The molecule has 0 bridgehead atoms. The van der Waals surface area contributed by atoms with Crippen LogP contribution in [0.3, 0.4) is 0 Å². The Morgan fingerprint density at radius 1 is 1.26 bits per heavy atom. The molecule has 0 unspecified atom stereocenters. The Kier molecular flexibility index (Phi) is 4.57. The van der Waals surface area contributed by atoms with Crippen LogP contribution in [0.4, 0.5) is 0 Å². The summed E-state index contributed by atoms with van der Waals surface area (Å²) in [4.78, 5) is 18.8. The number of hydrogen-bond acceptors (Lipinski definition) is 3. The van der Waals surface area contributed by atoms with Crippen LogP contribution in [0.25, 0.3) is 0 Å². The number of furan rings is 1. The van der Waals surface area contributed by atoms with Gasteiger partial charge in [0, 0.05) is 26.0 Å². The van der Waals surface area contributed by atoms with Gasteiger partial charge in [0.05, 0.1) is 18.4 Å². The van der Waals surface area contributed by atoms with Crippen molar-refractivity contribution in [3.63, 3.8) is 0 Å². The van der Waals surface area contributed by atoms with Gasteiger partial charge < -0.3 is 13.9 Å². The van der Waals surface area contributed by atoms with Crippen LogP contribution in [0.2, 0.25) is 0 Å². The van der Waals surface area contributed by atoms with E-state index in [2.05, 4.69) is 17.1 Å². The topological polar surface area (TPSA) is 51.3 Å². The molecule has 0 aliphatic rings. The molecular formula is C18H19N3O2. The van der Waals surface area contributed by atoms with Gasteiger partial charge in [0.1, 0.15) is 12.1 Å². The van der Waals surface area contributed by atoms with E-state index in [1.807, 2.05) is 36.0 Å². The van der Waals surface area contributed by atoms with Crippen molar-refractivity contribution >= 4 is 5.91 Å². The van der Waals surface area contributed by atoms with Crippen LogP contribution in [0.5, 0.6) is 0 Å². The van der Waals surface area contributed by atoms with E-state index in [1.54, 1.807) is 17.2 Å². The third kappa shape index (κ3) is 3.69. The van der Waals surface area contributed by atoms with E-state index < -0.39 is 0 Å². The molecule has 0 saturated carbocycles. The normalized spacial score (nSPS) is 10.7. The molecule has 3 rings (SSSR count). The first kappa shape index (κ1) is 15.1. The van der Waals surface area contributed by atoms with Crippen molar-refractivity contribution in [1.29, 1.82) is 0 Å². The first-order chi connectivity index (χ1) is 11.2. The van der Waals surface area contributed by atoms with E-state index >= 15 is 0 Å². The molecule has 0 saturated heterocycles. The number of aromatic nitrogens is 2. The molecule has 5 nitrogen and oxygen atoms in total. The predicted octanol–water partition coefficient (Wildman–Crippen LogP) is 2.90. The maximum Gasteiger partial charge on any atom is 0.257 e. The minimum absolute atomic E-state index is 0.0438. The van der Waals surface area contributed by atoms with Crippen molar-refractivity contribution in [3.8, 4) is 0 Å². The van der Waals surface area contributed by atoms with Crippen molar-refractivity contribution < 1.29 is 9.21 Å². The van der Waals surface area contributed by atoms with Crippen molar-refractivity contribution in [2.75, 3.05) is 6.54 Å². The van der Waals surface area contributed by atoms with Crippen molar-refractivity contribution in [2.45, 2.75) is 13.0 Å². The lowest BCUT2D eigenvalue weighted by atomic mass is 10.1. The lowest BCUT2D eigenvalue weighted by molar-refractivity contribution is 0.0739. The number of rotatable bonds is 6. The molecule has 0 atom stereocenters. The number of aryl methyl sites for hydroxylation is 1. The summed E-state index contributed by atoms with van der Waals surface area (Å²) in [6, 6.07) is 11.8. The Balaban J connectivity index is 1.75. The first-order valence-electron chi connectivity index (χ1n) is 7.55. The molecule has 23 heavy (non-hydrogen) atoms. The quantitative estimate of drug-likeness (QED) is 0.703. The summed E-state index contributed by atoms with van der Waals surface area (Å²) in [5.74, 6) is 0.813. The van der Waals surface area contributed by atoms with Gasteiger partial charge in [-0.3, -0.25) is 4.79 Å². The fourth-order valence-corrected chi connectivity index (χ4v) is 2.45. The lowest BCUT2D eigenvalue weighted by Crippen LogP contribution is -2.33. The van der Waals surface area contributed by atoms with E-state index in [9.17, 15) is 4.79 Å². The molecule has 2 aromatic heterocycles. The summed E-state index contributed by atoms with van der Waals surface area (Å²) in [5, 5.41) is 0. The molecule has 0 aliphatic carbocycles. The van der Waals surface area contributed by atoms with Gasteiger partial charge in [0.25, 0.3) is 5.91 Å². The fraction of sp³-hybridized carbons (Fsp3) is 0.222. The Labute approximate surface area is 135 Å². The zero-order chi connectivity index (χ0) is 16.1. The third-order valence-corrected chi connectivity index (χ3v) is 3.82. The van der Waals surface area contributed by atoms with E-state index in [1.165, 1.54) is 18.1 Å². The first-order valence-corrected chi connectivity index (χ1v) is 7.55. The number of carbonyl (C=O) groups is 1. The highest BCUT2D eigenvalue weighted by molar-refractivity contribution is 5.93. The molecule has 0 fully saturated rings. The second kappa shape index (κ2) is 6.96. The Morgan fingerprint density at radius 2 is 2.09 bits per heavy atom. The molecule has 0 spiro atoms. The molecule has 118 valence electrons. The van der Waals surface area contributed by atoms with Gasteiger partial charge >= 0.3 is 0 Å². The molecule has 0 aliphatic heterocycles. The van der Waals surface area contributed by atoms with Gasteiger partial charge in [0.2, 0.25) is 0 Å². The Bertz CT molecular complexity index is 748. The third-order valence-electron chi connectivity index (χ3n) is 3.82. The maximum atomic E-state index is 12.7. The zero-order valence-electron chi connectivity index (χ0n) is 13.1. The van der Waals surface area contributed by atoms with Crippen molar-refractivity contribution in [2.24, 2.45) is 7.05 Å². The van der Waals surface area contributed by atoms with E-state index in [4.69, 9.17) is 4.42 Å². The summed E-state index contributed by atoms with van der Waals surface area (Å²) in [6.07, 6.45) is 7.43. The molecule has 1 aromatic carbocycles. The molecule has 0 radical (unpaired) electrons. The Morgan fingerprint density at radius 3 is 2.74 bits per heavy atom. The largest absolute Gasteiger partial charge is 0.472 e. The fourth-order valence-electron chi connectivity index (χ4n) is 2.45. The standard InChI is InChI=1S/C18H19N3O2/c1-20-11-9-19-17(20)13-21(18(22)16-8-12-23-14-16)10-7-15-5-3-2-4-6-15/h2-6,8-9,11-12,14H,7,10,13H2,1H3. The van der Waals surface area contributed by atoms with Crippen LogP contribution >= 0.6 is 0 Å². The van der Waals surface area contributed by atoms with Gasteiger partial charge in [-0.2, -0.15) is 0 Å². The second-order valence-electron chi connectivity index (χ2n) is 5.43. The maximum absolute atomic E-state index is 12.7. The SMILES string of the molecule is Cn1ccnc1CN(CCc1ccccc1)C(=O)c1ccoc1.